The second kappa shape index (κ2) is 8.18. The molecule has 5 nitrogen and oxygen atoms in total. The molecule has 0 unspecified atom stereocenters. The largest absolute Gasteiger partial charge is 0.469 e. The van der Waals surface area contributed by atoms with Gasteiger partial charge in [0.1, 0.15) is 0 Å². The van der Waals surface area contributed by atoms with E-state index in [-0.39, 0.29) is 24.0 Å². The van der Waals surface area contributed by atoms with Crippen LogP contribution < -0.4 is 5.32 Å². The molecule has 132 valence electrons. The Bertz CT molecular complexity index is 572. The molecule has 1 saturated heterocycles. The molecule has 1 aromatic rings. The maximum atomic E-state index is 12.4. The van der Waals surface area contributed by atoms with Crippen molar-refractivity contribution in [3.8, 4) is 0 Å². The number of urea groups is 1. The van der Waals surface area contributed by atoms with Crippen LogP contribution in [0.5, 0.6) is 0 Å². The molecule has 1 aromatic carbocycles. The van der Waals surface area contributed by atoms with Crippen molar-refractivity contribution in [2.24, 2.45) is 5.92 Å². The van der Waals surface area contributed by atoms with E-state index in [1.54, 1.807) is 4.90 Å². The molecule has 5 heteroatoms. The van der Waals surface area contributed by atoms with E-state index in [1.165, 1.54) is 23.8 Å². The Morgan fingerprint density at radius 1 is 1.21 bits per heavy atom. The van der Waals surface area contributed by atoms with Crippen molar-refractivity contribution in [1.29, 1.82) is 0 Å². The quantitative estimate of drug-likeness (QED) is 0.863. The lowest BCUT2D eigenvalue weighted by Crippen LogP contribution is -2.48. The zero-order valence-electron chi connectivity index (χ0n) is 15.1. The number of nitrogens with one attached hydrogen (secondary N) is 1. The number of hydrogen-bond donors (Lipinski definition) is 1. The highest BCUT2D eigenvalue weighted by Crippen LogP contribution is 2.18. The van der Waals surface area contributed by atoms with E-state index >= 15 is 0 Å². The summed E-state index contributed by atoms with van der Waals surface area (Å²) in [7, 11) is 1.41. The number of piperidine rings is 1. The highest BCUT2D eigenvalue weighted by atomic mass is 16.5. The third-order valence-electron chi connectivity index (χ3n) is 4.51. The minimum Gasteiger partial charge on any atom is -0.469 e. The SMILES string of the molecule is COC(=O)C1CCN(C(=O)N[C@@H](C)Cc2cc(C)cc(C)c2)CC1. The molecule has 1 aliphatic rings. The van der Waals surface area contributed by atoms with Crippen LogP contribution in [0.25, 0.3) is 0 Å². The van der Waals surface area contributed by atoms with Crippen LogP contribution in [0.15, 0.2) is 18.2 Å². The van der Waals surface area contributed by atoms with Crippen LogP contribution in [0.3, 0.4) is 0 Å². The summed E-state index contributed by atoms with van der Waals surface area (Å²) in [4.78, 5) is 25.7. The third-order valence-corrected chi connectivity index (χ3v) is 4.51. The molecule has 1 N–H and O–H groups in total. The van der Waals surface area contributed by atoms with Crippen molar-refractivity contribution in [2.75, 3.05) is 20.2 Å². The smallest absolute Gasteiger partial charge is 0.317 e. The molecule has 0 aromatic heterocycles. The molecule has 0 radical (unpaired) electrons. The van der Waals surface area contributed by atoms with Crippen LogP contribution in [0.4, 0.5) is 4.79 Å². The van der Waals surface area contributed by atoms with Crippen LogP contribution in [-0.2, 0) is 16.0 Å². The van der Waals surface area contributed by atoms with Crippen LogP contribution in [0.1, 0.15) is 36.5 Å². The highest BCUT2D eigenvalue weighted by molar-refractivity contribution is 5.76. The maximum Gasteiger partial charge on any atom is 0.317 e. The van der Waals surface area contributed by atoms with Crippen LogP contribution in [-0.4, -0.2) is 43.1 Å². The van der Waals surface area contributed by atoms with Gasteiger partial charge >= 0.3 is 12.0 Å². The molecular weight excluding hydrogens is 304 g/mol. The number of rotatable bonds is 4. The first-order valence-electron chi connectivity index (χ1n) is 8.59. The topological polar surface area (TPSA) is 58.6 Å². The zero-order chi connectivity index (χ0) is 17.7. The molecule has 1 fully saturated rings. The molecule has 2 rings (SSSR count). The minimum atomic E-state index is -0.168. The normalized spacial score (nSPS) is 16.6. The summed E-state index contributed by atoms with van der Waals surface area (Å²) in [5.41, 5.74) is 3.73. The molecule has 0 spiro atoms. The van der Waals surface area contributed by atoms with Crippen molar-refractivity contribution < 1.29 is 14.3 Å². The number of nitrogens with zero attached hydrogens (tertiary/aromatic N) is 1. The van der Waals surface area contributed by atoms with Gasteiger partial charge in [-0.1, -0.05) is 29.3 Å². The van der Waals surface area contributed by atoms with Gasteiger partial charge in [0.25, 0.3) is 0 Å². The summed E-state index contributed by atoms with van der Waals surface area (Å²) in [6, 6.07) is 6.50. The third kappa shape index (κ3) is 4.98. The number of carbonyl (C=O) groups excluding carboxylic acids is 2. The standard InChI is InChI=1S/C19H28N2O3/c1-13-9-14(2)11-16(10-13)12-15(3)20-19(23)21-7-5-17(6-8-21)18(22)24-4/h9-11,15,17H,5-8,12H2,1-4H3,(H,20,23)/t15-/m0/s1. The Labute approximate surface area is 144 Å². The first kappa shape index (κ1) is 18.3. The Morgan fingerprint density at radius 3 is 2.33 bits per heavy atom. The Hall–Kier alpha value is -2.04. The predicted octanol–water partition coefficient (Wildman–Crippen LogP) is 2.83. The number of methoxy groups -OCH3 is 1. The van der Waals surface area contributed by atoms with Crippen molar-refractivity contribution in [1.82, 2.24) is 10.2 Å². The van der Waals surface area contributed by atoms with E-state index in [2.05, 4.69) is 37.4 Å². The summed E-state index contributed by atoms with van der Waals surface area (Å²) >= 11 is 0. The monoisotopic (exact) mass is 332 g/mol. The Kier molecular flexibility index (Phi) is 6.23. The summed E-state index contributed by atoms with van der Waals surface area (Å²) in [5.74, 6) is -0.245. The first-order valence-corrected chi connectivity index (χ1v) is 8.59. The predicted molar refractivity (Wildman–Crippen MR) is 93.9 cm³/mol. The number of hydrogen-bond acceptors (Lipinski definition) is 3. The van der Waals surface area contributed by atoms with Gasteiger partial charge in [-0.05, 0) is 45.6 Å². The van der Waals surface area contributed by atoms with Gasteiger partial charge in [-0.15, -0.1) is 0 Å². The lowest BCUT2D eigenvalue weighted by Gasteiger charge is -2.31. The van der Waals surface area contributed by atoms with Crippen LogP contribution in [0, 0.1) is 19.8 Å². The highest BCUT2D eigenvalue weighted by Gasteiger charge is 2.28. The number of ether oxygens (including phenoxy) is 1. The van der Waals surface area contributed by atoms with Gasteiger partial charge in [-0.3, -0.25) is 4.79 Å². The van der Waals surface area contributed by atoms with E-state index in [0.717, 1.165) is 6.42 Å². The van der Waals surface area contributed by atoms with Crippen LogP contribution in [0.2, 0.25) is 0 Å². The number of amides is 2. The summed E-state index contributed by atoms with van der Waals surface area (Å²) in [6.07, 6.45) is 2.16. The second-order valence-corrected chi connectivity index (χ2v) is 6.84. The first-order chi connectivity index (χ1) is 11.4. The van der Waals surface area contributed by atoms with Gasteiger partial charge in [0.15, 0.2) is 0 Å². The zero-order valence-corrected chi connectivity index (χ0v) is 15.1. The number of carbonyl (C=O) groups is 2. The van der Waals surface area contributed by atoms with E-state index < -0.39 is 0 Å². The number of benzene rings is 1. The van der Waals surface area contributed by atoms with Gasteiger partial charge in [-0.2, -0.15) is 0 Å². The fourth-order valence-corrected chi connectivity index (χ4v) is 3.38. The van der Waals surface area contributed by atoms with E-state index in [4.69, 9.17) is 4.74 Å². The number of esters is 1. The lowest BCUT2D eigenvalue weighted by atomic mass is 9.97. The van der Waals surface area contributed by atoms with E-state index in [9.17, 15) is 9.59 Å². The fourth-order valence-electron chi connectivity index (χ4n) is 3.38. The van der Waals surface area contributed by atoms with Crippen molar-refractivity contribution in [3.05, 3.63) is 34.9 Å². The van der Waals surface area contributed by atoms with Gasteiger partial charge in [0.2, 0.25) is 0 Å². The molecule has 0 bridgehead atoms. The minimum absolute atomic E-state index is 0.0461. The van der Waals surface area contributed by atoms with Crippen molar-refractivity contribution in [3.63, 3.8) is 0 Å². The molecule has 0 saturated carbocycles. The average molecular weight is 332 g/mol. The molecule has 24 heavy (non-hydrogen) atoms. The van der Waals surface area contributed by atoms with Gasteiger partial charge in [0, 0.05) is 19.1 Å². The van der Waals surface area contributed by atoms with Crippen molar-refractivity contribution in [2.45, 2.75) is 46.1 Å². The lowest BCUT2D eigenvalue weighted by molar-refractivity contribution is -0.146. The Balaban J connectivity index is 1.83. The molecule has 1 atom stereocenters. The Morgan fingerprint density at radius 2 is 1.79 bits per heavy atom. The summed E-state index contributed by atoms with van der Waals surface area (Å²) in [6.45, 7) is 7.40. The average Bonchev–Trinajstić information content (AvgIpc) is 2.53. The fraction of sp³-hybridized carbons (Fsp3) is 0.579. The molecule has 2 amide bonds. The molecular formula is C19H28N2O3. The van der Waals surface area contributed by atoms with Gasteiger partial charge < -0.3 is 15.0 Å². The van der Waals surface area contributed by atoms with Gasteiger partial charge in [0.05, 0.1) is 13.0 Å². The van der Waals surface area contributed by atoms with Crippen molar-refractivity contribution >= 4 is 12.0 Å². The number of aryl methyl sites for hydroxylation is 2. The number of likely N-dealkylation sites (tertiary alicyclic amines) is 1. The molecule has 1 heterocycles. The van der Waals surface area contributed by atoms with Crippen LogP contribution >= 0.6 is 0 Å². The second-order valence-electron chi connectivity index (χ2n) is 6.84. The summed E-state index contributed by atoms with van der Waals surface area (Å²) in [5, 5.41) is 3.07. The van der Waals surface area contributed by atoms with E-state index in [0.29, 0.717) is 25.9 Å². The molecule has 1 aliphatic heterocycles. The molecule has 0 aliphatic carbocycles. The van der Waals surface area contributed by atoms with E-state index in [1.807, 2.05) is 6.92 Å². The van der Waals surface area contributed by atoms with Gasteiger partial charge in [-0.25, -0.2) is 4.79 Å². The maximum absolute atomic E-state index is 12.4. The summed E-state index contributed by atoms with van der Waals surface area (Å²) < 4.78 is 4.78.